The number of hydrogen-bond donors (Lipinski definition) is 0. The van der Waals surface area contributed by atoms with Crippen molar-refractivity contribution >= 4 is 47.2 Å². The van der Waals surface area contributed by atoms with Crippen molar-refractivity contribution in [3.8, 4) is 0 Å². The van der Waals surface area contributed by atoms with Crippen LogP contribution in [0.1, 0.15) is 64.2 Å². The Labute approximate surface area is 304 Å². The zero-order valence-corrected chi connectivity index (χ0v) is 36.3. The molecule has 0 spiro atoms. The van der Waals surface area contributed by atoms with E-state index in [0.717, 1.165) is 50.7 Å². The van der Waals surface area contributed by atoms with Gasteiger partial charge in [0, 0.05) is 110 Å². The van der Waals surface area contributed by atoms with Gasteiger partial charge in [-0.2, -0.15) is 0 Å². The molecule has 0 amide bonds. The summed E-state index contributed by atoms with van der Waals surface area (Å²) in [6.45, 7) is 0. The first kappa shape index (κ1) is 49.1. The molecule has 0 heterocycles. The molecule has 16 nitrogen and oxygen atoms in total. The van der Waals surface area contributed by atoms with Crippen LogP contribution in [0.4, 0.5) is 0 Å². The van der Waals surface area contributed by atoms with E-state index in [4.69, 9.17) is 62.6 Å². The van der Waals surface area contributed by atoms with Gasteiger partial charge in [0.15, 0.2) is 11.5 Å². The average molecular weight is 793 g/mol. The van der Waals surface area contributed by atoms with Gasteiger partial charge in [-0.05, 0) is 38.5 Å². The molecule has 0 aliphatic heterocycles. The van der Waals surface area contributed by atoms with E-state index in [1.807, 2.05) is 0 Å². The lowest BCUT2D eigenvalue weighted by atomic mass is 10.1. The number of rotatable bonds is 32. The van der Waals surface area contributed by atoms with Gasteiger partial charge in [0.1, 0.15) is 0 Å². The average Bonchev–Trinajstić information content (AvgIpc) is 3.15. The monoisotopic (exact) mass is 792 g/mol. The fourth-order valence-electron chi connectivity index (χ4n) is 5.56. The molecular formula is C30H64O16Si4. The Kier molecular flexibility index (Phi) is 26.3. The highest BCUT2D eigenvalue weighted by molar-refractivity contribution is 6.63. The van der Waals surface area contributed by atoms with Gasteiger partial charge in [0.2, 0.25) is 0 Å². The van der Waals surface area contributed by atoms with E-state index in [1.165, 1.54) is 42.7 Å². The van der Waals surface area contributed by atoms with Crippen LogP contribution in [0.2, 0.25) is 12.1 Å². The molecule has 2 unspecified atom stereocenters. The van der Waals surface area contributed by atoms with E-state index >= 15 is 0 Å². The van der Waals surface area contributed by atoms with Crippen LogP contribution in [0.5, 0.6) is 0 Å². The van der Waals surface area contributed by atoms with Crippen LogP contribution in [-0.2, 0) is 72.2 Å². The summed E-state index contributed by atoms with van der Waals surface area (Å²) >= 11 is 0. The minimum absolute atomic E-state index is 0.421. The molecule has 2 atom stereocenters. The van der Waals surface area contributed by atoms with Crippen LogP contribution in [-0.4, -0.2) is 144 Å². The Morgan fingerprint density at radius 3 is 0.900 bits per heavy atom. The van der Waals surface area contributed by atoms with Gasteiger partial charge >= 0.3 is 47.2 Å². The molecule has 296 valence electrons. The fraction of sp³-hybridized carbons (Fsp3) is 0.867. The smallest absolute Gasteiger partial charge is 0.455 e. The summed E-state index contributed by atoms with van der Waals surface area (Å²) in [4.78, 5) is 25.9. The molecule has 0 aromatic carbocycles. The van der Waals surface area contributed by atoms with Crippen molar-refractivity contribution in [2.45, 2.75) is 87.8 Å². The Bertz CT molecular complexity index is 826. The molecule has 0 rings (SSSR count). The van der Waals surface area contributed by atoms with Crippen molar-refractivity contribution in [3.63, 3.8) is 0 Å². The minimum atomic E-state index is -3.40. The summed E-state index contributed by atoms with van der Waals surface area (Å²) in [5.74, 6) is -1.56. The van der Waals surface area contributed by atoms with Crippen LogP contribution >= 0.6 is 0 Å². The molecular weight excluding hydrogens is 729 g/mol. The number of carbonyl (C=O) groups excluding carboxylic acids is 2. The SMILES string of the molecule is CO[Si](CCCCCCC(OC(=O)/C=C/C(=O)OC(CCCCCC[Si](OC)(OC)OC)[Si](OC)(OC)OC)[Si](OC)(OC)OC)(OC)OC. The Balaban J connectivity index is 5.42. The van der Waals surface area contributed by atoms with Gasteiger partial charge in [-0.15, -0.1) is 0 Å². The Hall–Kier alpha value is -0.932. The Morgan fingerprint density at radius 1 is 0.400 bits per heavy atom. The summed E-state index contributed by atoms with van der Waals surface area (Å²) in [6, 6.07) is 1.37. The number of hydrogen-bond acceptors (Lipinski definition) is 16. The molecule has 20 heteroatoms. The zero-order valence-electron chi connectivity index (χ0n) is 32.3. The molecule has 0 saturated heterocycles. The van der Waals surface area contributed by atoms with Crippen LogP contribution in [0, 0.1) is 0 Å². The number of carbonyl (C=O) groups is 2. The third kappa shape index (κ3) is 15.6. The number of esters is 2. The fourth-order valence-corrected chi connectivity index (χ4v) is 13.4. The normalized spacial score (nSPS) is 14.2. The quantitative estimate of drug-likeness (QED) is 0.0417. The molecule has 0 aromatic rings. The predicted molar refractivity (Wildman–Crippen MR) is 192 cm³/mol. The van der Waals surface area contributed by atoms with Crippen molar-refractivity contribution in [2.24, 2.45) is 0 Å². The first-order chi connectivity index (χ1) is 23.9. The number of ether oxygens (including phenoxy) is 2. The van der Waals surface area contributed by atoms with Crippen LogP contribution in [0.25, 0.3) is 0 Å². The maximum atomic E-state index is 13.0. The lowest BCUT2D eigenvalue weighted by Crippen LogP contribution is -2.56. The van der Waals surface area contributed by atoms with Crippen LogP contribution < -0.4 is 0 Å². The maximum Gasteiger partial charge on any atom is 0.543 e. The van der Waals surface area contributed by atoms with E-state index in [0.29, 0.717) is 37.8 Å². The van der Waals surface area contributed by atoms with E-state index in [-0.39, 0.29) is 0 Å². The van der Waals surface area contributed by atoms with Gasteiger partial charge < -0.3 is 62.6 Å². The van der Waals surface area contributed by atoms with Crippen molar-refractivity contribution in [1.29, 1.82) is 0 Å². The predicted octanol–water partition coefficient (Wildman–Crippen LogP) is 3.86. The van der Waals surface area contributed by atoms with Crippen LogP contribution in [0.3, 0.4) is 0 Å². The molecule has 0 N–H and O–H groups in total. The molecule has 0 aliphatic rings. The van der Waals surface area contributed by atoms with Gasteiger partial charge in [-0.3, -0.25) is 0 Å². The second-order valence-electron chi connectivity index (χ2n) is 11.1. The first-order valence-electron chi connectivity index (χ1n) is 16.6. The Morgan fingerprint density at radius 2 is 0.660 bits per heavy atom. The number of unbranched alkanes of at least 4 members (excludes halogenated alkanes) is 6. The molecule has 0 bridgehead atoms. The third-order valence-corrected chi connectivity index (χ3v) is 20.1. The topological polar surface area (TPSA) is 163 Å². The van der Waals surface area contributed by atoms with E-state index in [9.17, 15) is 9.59 Å². The van der Waals surface area contributed by atoms with E-state index < -0.39 is 58.6 Å². The lowest BCUT2D eigenvalue weighted by molar-refractivity contribution is -0.145. The second-order valence-corrected chi connectivity index (χ2v) is 23.4. The lowest BCUT2D eigenvalue weighted by Gasteiger charge is -2.32. The van der Waals surface area contributed by atoms with E-state index in [1.54, 1.807) is 42.7 Å². The highest BCUT2D eigenvalue weighted by atomic mass is 28.4. The van der Waals surface area contributed by atoms with Gasteiger partial charge in [-0.25, -0.2) is 9.59 Å². The highest BCUT2D eigenvalue weighted by Gasteiger charge is 2.51. The third-order valence-electron chi connectivity index (χ3n) is 8.63. The first-order valence-corrected chi connectivity index (χ1v) is 24.1. The largest absolute Gasteiger partial charge is 0.543 e. The summed E-state index contributed by atoms with van der Waals surface area (Å²) in [7, 11) is 6.17. The van der Waals surface area contributed by atoms with Gasteiger partial charge in [0.05, 0.1) is 0 Å². The standard InChI is InChI=1S/C30H64O16Si4/c1-33-47(34-2,35-3)25-19-15-13-17-21-29(49(39-7,40-8)41-9)45-27(31)23-24-28(32)46-30(50(42-10,43-11)44-12)22-18-14-16-20-26-48(36-4,37-5)38-6/h23-24,29-30H,13-22,25-26H2,1-12H3/b24-23+. The summed E-state index contributed by atoms with van der Waals surface area (Å²) in [5.41, 5.74) is -1.62. The second kappa shape index (κ2) is 26.8. The highest BCUT2D eigenvalue weighted by Crippen LogP contribution is 2.25. The summed E-state index contributed by atoms with van der Waals surface area (Å²) in [5, 5.41) is 0. The molecule has 0 radical (unpaired) electrons. The van der Waals surface area contributed by atoms with Crippen molar-refractivity contribution in [2.75, 3.05) is 85.3 Å². The van der Waals surface area contributed by atoms with Crippen LogP contribution in [0.15, 0.2) is 12.2 Å². The molecule has 0 fully saturated rings. The molecule has 0 aliphatic carbocycles. The van der Waals surface area contributed by atoms with E-state index in [2.05, 4.69) is 0 Å². The van der Waals surface area contributed by atoms with Crippen molar-refractivity contribution in [1.82, 2.24) is 0 Å². The zero-order chi connectivity index (χ0) is 38.1. The van der Waals surface area contributed by atoms with Crippen molar-refractivity contribution in [3.05, 3.63) is 12.2 Å². The maximum absolute atomic E-state index is 13.0. The molecule has 0 saturated carbocycles. The van der Waals surface area contributed by atoms with Gasteiger partial charge in [-0.1, -0.05) is 25.7 Å². The van der Waals surface area contributed by atoms with Crippen molar-refractivity contribution < 1.29 is 72.2 Å². The molecule has 50 heavy (non-hydrogen) atoms. The summed E-state index contributed by atoms with van der Waals surface area (Å²) < 4.78 is 78.1. The minimum Gasteiger partial charge on any atom is -0.455 e. The summed E-state index contributed by atoms with van der Waals surface area (Å²) in [6.07, 6.45) is 9.37. The van der Waals surface area contributed by atoms with Gasteiger partial charge in [0.25, 0.3) is 0 Å². The molecule has 0 aromatic heterocycles.